The molecule has 6 heteroatoms. The first-order valence-electron chi connectivity index (χ1n) is 5.49. The van der Waals surface area contributed by atoms with Gasteiger partial charge in [0.1, 0.15) is 5.82 Å². The number of imidazole rings is 1. The van der Waals surface area contributed by atoms with Gasteiger partial charge in [-0.3, -0.25) is 0 Å². The fourth-order valence-electron chi connectivity index (χ4n) is 1.75. The summed E-state index contributed by atoms with van der Waals surface area (Å²) in [7, 11) is 0. The highest BCUT2D eigenvalue weighted by molar-refractivity contribution is 6.31. The Bertz CT molecular complexity index is 755. The largest absolute Gasteiger partial charge is 0.326 e. The Morgan fingerprint density at radius 2 is 1.95 bits per heavy atom. The standard InChI is InChI=1S/C13H8Cl2FN3/c14-7-1-4-11-12(5-7)19-13(18-11)17-8-2-3-10(16)9(15)6-8/h1-6H,(H2,17,18,19). The molecular formula is C13H8Cl2FN3. The summed E-state index contributed by atoms with van der Waals surface area (Å²) in [6.45, 7) is 0. The first kappa shape index (κ1) is 12.3. The fraction of sp³-hybridized carbons (Fsp3) is 0. The van der Waals surface area contributed by atoms with Crippen LogP contribution >= 0.6 is 23.2 Å². The molecule has 0 atom stereocenters. The topological polar surface area (TPSA) is 40.7 Å². The maximum atomic E-state index is 13.1. The van der Waals surface area contributed by atoms with Gasteiger partial charge >= 0.3 is 0 Å². The van der Waals surface area contributed by atoms with E-state index in [9.17, 15) is 4.39 Å². The van der Waals surface area contributed by atoms with Crippen molar-refractivity contribution in [2.45, 2.75) is 0 Å². The van der Waals surface area contributed by atoms with Gasteiger partial charge in [0.05, 0.1) is 16.1 Å². The van der Waals surface area contributed by atoms with Crippen LogP contribution in [0.1, 0.15) is 0 Å². The van der Waals surface area contributed by atoms with Crippen molar-refractivity contribution in [1.29, 1.82) is 0 Å². The van der Waals surface area contributed by atoms with Crippen molar-refractivity contribution in [3.05, 3.63) is 52.3 Å². The monoisotopic (exact) mass is 295 g/mol. The summed E-state index contributed by atoms with van der Waals surface area (Å²) in [6, 6.07) is 9.75. The van der Waals surface area contributed by atoms with Crippen molar-refractivity contribution in [2.24, 2.45) is 0 Å². The second-order valence-electron chi connectivity index (χ2n) is 4.00. The quantitative estimate of drug-likeness (QED) is 0.716. The number of nitrogens with one attached hydrogen (secondary N) is 2. The van der Waals surface area contributed by atoms with Gasteiger partial charge in [-0.2, -0.15) is 0 Å². The molecule has 0 bridgehead atoms. The molecule has 0 spiro atoms. The number of H-pyrrole nitrogens is 1. The maximum absolute atomic E-state index is 13.1. The van der Waals surface area contributed by atoms with Crippen LogP contribution in [-0.4, -0.2) is 9.97 Å². The summed E-state index contributed by atoms with van der Waals surface area (Å²) in [6.07, 6.45) is 0. The number of benzene rings is 2. The van der Waals surface area contributed by atoms with Crippen molar-refractivity contribution in [2.75, 3.05) is 5.32 Å². The molecule has 0 saturated carbocycles. The van der Waals surface area contributed by atoms with Gasteiger partial charge in [-0.1, -0.05) is 23.2 Å². The number of anilines is 2. The summed E-state index contributed by atoms with van der Waals surface area (Å²) in [5.74, 6) is 0.0866. The maximum Gasteiger partial charge on any atom is 0.205 e. The number of halogens is 3. The van der Waals surface area contributed by atoms with E-state index in [0.717, 1.165) is 11.0 Å². The molecule has 3 rings (SSSR count). The van der Waals surface area contributed by atoms with Crippen LogP contribution in [0.4, 0.5) is 16.0 Å². The number of hydrogen-bond donors (Lipinski definition) is 2. The van der Waals surface area contributed by atoms with Crippen LogP contribution in [0, 0.1) is 5.82 Å². The highest BCUT2D eigenvalue weighted by Gasteiger charge is 2.05. The van der Waals surface area contributed by atoms with Crippen LogP contribution in [0.5, 0.6) is 0 Å². The van der Waals surface area contributed by atoms with E-state index in [1.54, 1.807) is 18.2 Å². The third kappa shape index (κ3) is 2.50. The molecule has 3 nitrogen and oxygen atoms in total. The Hall–Kier alpha value is -1.78. The Morgan fingerprint density at radius 1 is 1.11 bits per heavy atom. The van der Waals surface area contributed by atoms with Gasteiger partial charge in [0.15, 0.2) is 0 Å². The zero-order valence-corrected chi connectivity index (χ0v) is 11.1. The van der Waals surface area contributed by atoms with E-state index < -0.39 is 5.82 Å². The molecule has 0 unspecified atom stereocenters. The number of aromatic amines is 1. The SMILES string of the molecule is Fc1ccc(Nc2nc3ccc(Cl)cc3[nH]2)cc1Cl. The number of nitrogens with zero attached hydrogens (tertiary/aromatic N) is 1. The number of fused-ring (bicyclic) bond motifs is 1. The summed E-state index contributed by atoms with van der Waals surface area (Å²) >= 11 is 11.6. The third-order valence-electron chi connectivity index (χ3n) is 2.63. The van der Waals surface area contributed by atoms with E-state index in [0.29, 0.717) is 16.7 Å². The van der Waals surface area contributed by atoms with Gasteiger partial charge in [0, 0.05) is 10.7 Å². The zero-order chi connectivity index (χ0) is 13.4. The fourth-order valence-corrected chi connectivity index (χ4v) is 2.10. The van der Waals surface area contributed by atoms with Crippen LogP contribution < -0.4 is 5.32 Å². The van der Waals surface area contributed by atoms with Gasteiger partial charge in [-0.05, 0) is 36.4 Å². The van der Waals surface area contributed by atoms with Crippen LogP contribution in [0.25, 0.3) is 11.0 Å². The molecule has 0 aliphatic rings. The predicted octanol–water partition coefficient (Wildman–Crippen LogP) is 4.75. The average Bonchev–Trinajstić information content (AvgIpc) is 2.75. The van der Waals surface area contributed by atoms with Gasteiger partial charge in [0.25, 0.3) is 0 Å². The van der Waals surface area contributed by atoms with Crippen molar-refractivity contribution < 1.29 is 4.39 Å². The molecule has 0 radical (unpaired) electrons. The van der Waals surface area contributed by atoms with Crippen LogP contribution in [0.2, 0.25) is 10.0 Å². The van der Waals surface area contributed by atoms with Crippen molar-refractivity contribution in [3.8, 4) is 0 Å². The van der Waals surface area contributed by atoms with Crippen LogP contribution in [0.15, 0.2) is 36.4 Å². The first-order valence-corrected chi connectivity index (χ1v) is 6.25. The molecule has 0 aliphatic carbocycles. The highest BCUT2D eigenvalue weighted by Crippen LogP contribution is 2.24. The van der Waals surface area contributed by atoms with E-state index in [1.165, 1.54) is 12.1 Å². The van der Waals surface area contributed by atoms with E-state index in [4.69, 9.17) is 23.2 Å². The molecule has 2 aromatic carbocycles. The lowest BCUT2D eigenvalue weighted by atomic mass is 10.3. The second-order valence-corrected chi connectivity index (χ2v) is 4.84. The van der Waals surface area contributed by atoms with Crippen LogP contribution in [0.3, 0.4) is 0 Å². The third-order valence-corrected chi connectivity index (χ3v) is 3.15. The molecule has 0 fully saturated rings. The van der Waals surface area contributed by atoms with Gasteiger partial charge in [0.2, 0.25) is 5.95 Å². The van der Waals surface area contributed by atoms with Gasteiger partial charge in [-0.25, -0.2) is 9.37 Å². The molecule has 96 valence electrons. The van der Waals surface area contributed by atoms with E-state index in [2.05, 4.69) is 15.3 Å². The summed E-state index contributed by atoms with van der Waals surface area (Å²) in [4.78, 5) is 7.41. The minimum atomic E-state index is -0.455. The van der Waals surface area contributed by atoms with Gasteiger partial charge < -0.3 is 10.3 Å². The lowest BCUT2D eigenvalue weighted by Gasteiger charge is -2.03. The van der Waals surface area contributed by atoms with Crippen molar-refractivity contribution >= 4 is 45.9 Å². The predicted molar refractivity (Wildman–Crippen MR) is 75.8 cm³/mol. The zero-order valence-electron chi connectivity index (χ0n) is 9.55. The number of hydrogen-bond acceptors (Lipinski definition) is 2. The van der Waals surface area contributed by atoms with E-state index >= 15 is 0 Å². The Morgan fingerprint density at radius 3 is 2.74 bits per heavy atom. The van der Waals surface area contributed by atoms with Gasteiger partial charge in [-0.15, -0.1) is 0 Å². The Labute approximate surface area is 118 Å². The smallest absolute Gasteiger partial charge is 0.205 e. The summed E-state index contributed by atoms with van der Waals surface area (Å²) < 4.78 is 13.1. The molecule has 0 saturated heterocycles. The molecular weight excluding hydrogens is 288 g/mol. The minimum absolute atomic E-state index is 0.0594. The molecule has 19 heavy (non-hydrogen) atoms. The molecule has 3 aromatic rings. The molecule has 2 N–H and O–H groups in total. The number of aromatic nitrogens is 2. The molecule has 1 aromatic heterocycles. The Kier molecular flexibility index (Phi) is 3.05. The highest BCUT2D eigenvalue weighted by atomic mass is 35.5. The Balaban J connectivity index is 1.94. The van der Waals surface area contributed by atoms with E-state index in [1.807, 2.05) is 6.07 Å². The molecule has 0 aliphatic heterocycles. The lowest BCUT2D eigenvalue weighted by Crippen LogP contribution is -1.92. The molecule has 1 heterocycles. The normalized spacial score (nSPS) is 10.9. The minimum Gasteiger partial charge on any atom is -0.326 e. The lowest BCUT2D eigenvalue weighted by molar-refractivity contribution is 0.628. The van der Waals surface area contributed by atoms with Crippen LogP contribution in [-0.2, 0) is 0 Å². The first-order chi connectivity index (χ1) is 9.11. The van der Waals surface area contributed by atoms with E-state index in [-0.39, 0.29) is 5.02 Å². The van der Waals surface area contributed by atoms with Crippen molar-refractivity contribution in [3.63, 3.8) is 0 Å². The number of rotatable bonds is 2. The summed E-state index contributed by atoms with van der Waals surface area (Å²) in [5, 5.41) is 3.71. The summed E-state index contributed by atoms with van der Waals surface area (Å²) in [5.41, 5.74) is 2.26. The second kappa shape index (κ2) is 4.72. The van der Waals surface area contributed by atoms with Crippen molar-refractivity contribution in [1.82, 2.24) is 9.97 Å². The molecule has 0 amide bonds. The average molecular weight is 296 g/mol.